The number of rotatable bonds is 8. The second-order valence-corrected chi connectivity index (χ2v) is 7.47. The fraction of sp³-hybridized carbons (Fsp3) is 0.765. The summed E-state index contributed by atoms with van der Waals surface area (Å²) >= 11 is 5.23. The van der Waals surface area contributed by atoms with Crippen LogP contribution < -0.4 is 10.3 Å². The van der Waals surface area contributed by atoms with Gasteiger partial charge >= 0.3 is 0 Å². The fourth-order valence-electron chi connectivity index (χ4n) is 2.78. The molecule has 21 heavy (non-hydrogen) atoms. The first kappa shape index (κ1) is 18.3. The van der Waals surface area contributed by atoms with E-state index in [4.69, 9.17) is 12.2 Å². The summed E-state index contributed by atoms with van der Waals surface area (Å²) in [5, 5.41) is 0. The Morgan fingerprint density at radius 2 is 1.62 bits per heavy atom. The third-order valence-electron chi connectivity index (χ3n) is 3.91. The number of anilines is 1. The average molecular weight is 311 g/mol. The van der Waals surface area contributed by atoms with Gasteiger partial charge in [0.05, 0.1) is 10.2 Å². The van der Waals surface area contributed by atoms with E-state index in [1.807, 2.05) is 7.05 Å². The van der Waals surface area contributed by atoms with Gasteiger partial charge in [0, 0.05) is 19.2 Å². The summed E-state index contributed by atoms with van der Waals surface area (Å²) in [6, 6.07) is 0. The molecule has 120 valence electrons. The molecule has 0 aliphatic rings. The molecule has 1 rings (SSSR count). The highest BCUT2D eigenvalue weighted by Gasteiger charge is 2.29. The maximum Gasteiger partial charge on any atom is 0.220 e. The van der Waals surface area contributed by atoms with E-state index in [9.17, 15) is 4.79 Å². The van der Waals surface area contributed by atoms with Crippen molar-refractivity contribution < 1.29 is 0 Å². The first-order chi connectivity index (χ1) is 9.70. The van der Waals surface area contributed by atoms with Gasteiger partial charge in [-0.15, -0.1) is 0 Å². The van der Waals surface area contributed by atoms with Crippen molar-refractivity contribution in [3.05, 3.63) is 20.3 Å². The monoisotopic (exact) mass is 310 g/mol. The van der Waals surface area contributed by atoms with Crippen LogP contribution in [-0.2, 0) is 5.41 Å². The van der Waals surface area contributed by atoms with Crippen LogP contribution in [0.2, 0.25) is 0 Å². The number of unbranched alkanes of at least 4 members (excludes halogenated alkanes) is 1. The maximum absolute atomic E-state index is 12.0. The van der Waals surface area contributed by atoms with E-state index in [0.717, 1.165) is 43.7 Å². The van der Waals surface area contributed by atoms with Gasteiger partial charge < -0.3 is 9.80 Å². The number of hydrogen-bond acceptors (Lipinski definition) is 4. The summed E-state index contributed by atoms with van der Waals surface area (Å²) in [6.45, 7) is 11.8. The summed E-state index contributed by atoms with van der Waals surface area (Å²) < 4.78 is 0.534. The number of nitrogens with zero attached hydrogens (tertiary/aromatic N) is 2. The highest BCUT2D eigenvalue weighted by molar-refractivity contribution is 7.71. The van der Waals surface area contributed by atoms with Gasteiger partial charge in [-0.25, -0.2) is 0 Å². The molecule has 0 radical (unpaired) electrons. The summed E-state index contributed by atoms with van der Waals surface area (Å²) in [4.78, 5) is 16.5. The van der Waals surface area contributed by atoms with E-state index < -0.39 is 0 Å². The minimum Gasteiger partial charge on any atom is -0.371 e. The molecule has 0 atom stereocenters. The molecule has 0 saturated heterocycles. The van der Waals surface area contributed by atoms with Crippen molar-refractivity contribution in [1.82, 2.24) is 4.90 Å². The number of hydrogen-bond donors (Lipinski definition) is 0. The van der Waals surface area contributed by atoms with Crippen LogP contribution in [0.25, 0.3) is 0 Å². The van der Waals surface area contributed by atoms with Gasteiger partial charge in [-0.1, -0.05) is 39.9 Å². The SMILES string of the molecule is CCCN(C)CCCCN(C)c1c(C(C)(C)C)c(=S)c1=O. The average Bonchev–Trinajstić information content (AvgIpc) is 2.38. The maximum atomic E-state index is 12.0. The lowest BCUT2D eigenvalue weighted by molar-refractivity contribution is 0.327. The summed E-state index contributed by atoms with van der Waals surface area (Å²) in [5.41, 5.74) is 1.92. The van der Waals surface area contributed by atoms with Crippen molar-refractivity contribution in [2.24, 2.45) is 0 Å². The van der Waals surface area contributed by atoms with Crippen LogP contribution in [-0.4, -0.2) is 38.6 Å². The molecule has 0 fully saturated rings. The van der Waals surface area contributed by atoms with Crippen molar-refractivity contribution in [3.63, 3.8) is 0 Å². The van der Waals surface area contributed by atoms with Crippen LogP contribution in [0.1, 0.15) is 52.5 Å². The summed E-state index contributed by atoms with van der Waals surface area (Å²) in [7, 11) is 4.18. The van der Waals surface area contributed by atoms with Crippen molar-refractivity contribution >= 4 is 17.9 Å². The quantitative estimate of drug-likeness (QED) is 0.541. The molecule has 4 heteroatoms. The molecule has 1 aromatic carbocycles. The standard InChI is InChI=1S/C17H30N2OS/c1-7-10-18(5)11-8-9-12-19(6)14-13(17(2,3)4)16(21)15(14)20/h7-12H2,1-6H3. The molecular formula is C17H30N2OS. The second-order valence-electron chi connectivity index (χ2n) is 7.06. The Balaban J connectivity index is 2.54. The highest BCUT2D eigenvalue weighted by Crippen LogP contribution is 2.32. The molecule has 0 saturated carbocycles. The molecule has 0 amide bonds. The molecule has 0 aromatic heterocycles. The van der Waals surface area contributed by atoms with Crippen molar-refractivity contribution in [2.75, 3.05) is 38.6 Å². The normalized spacial score (nSPS) is 12.3. The molecule has 0 N–H and O–H groups in total. The van der Waals surface area contributed by atoms with Crippen LogP contribution in [0, 0.1) is 4.51 Å². The summed E-state index contributed by atoms with van der Waals surface area (Å²) in [6.07, 6.45) is 3.47. The van der Waals surface area contributed by atoms with Gasteiger partial charge in [0.1, 0.15) is 0 Å². The zero-order chi connectivity index (χ0) is 16.2. The Morgan fingerprint density at radius 3 is 2.14 bits per heavy atom. The highest BCUT2D eigenvalue weighted by atomic mass is 32.1. The van der Waals surface area contributed by atoms with E-state index >= 15 is 0 Å². The summed E-state index contributed by atoms with van der Waals surface area (Å²) in [5.74, 6) is 0. The minimum atomic E-state index is -0.0457. The van der Waals surface area contributed by atoms with Crippen LogP contribution in [0.4, 0.5) is 5.69 Å². The van der Waals surface area contributed by atoms with Crippen molar-refractivity contribution in [2.45, 2.75) is 52.4 Å². The van der Waals surface area contributed by atoms with Crippen LogP contribution in [0.5, 0.6) is 0 Å². The predicted molar refractivity (Wildman–Crippen MR) is 94.9 cm³/mol. The van der Waals surface area contributed by atoms with Crippen molar-refractivity contribution in [1.29, 1.82) is 0 Å². The lowest BCUT2D eigenvalue weighted by atomic mass is 9.82. The first-order valence-electron chi connectivity index (χ1n) is 7.93. The van der Waals surface area contributed by atoms with E-state index in [2.05, 4.69) is 44.5 Å². The molecule has 0 aliphatic carbocycles. The Hall–Kier alpha value is -0.740. The lowest BCUT2D eigenvalue weighted by Gasteiger charge is -2.30. The van der Waals surface area contributed by atoms with Gasteiger partial charge in [0.15, 0.2) is 0 Å². The Kier molecular flexibility index (Phi) is 6.54. The van der Waals surface area contributed by atoms with Crippen LogP contribution in [0.15, 0.2) is 4.79 Å². The second kappa shape index (κ2) is 7.50. The van der Waals surface area contributed by atoms with Gasteiger partial charge in [0.2, 0.25) is 5.43 Å². The van der Waals surface area contributed by atoms with Gasteiger partial charge in [0.25, 0.3) is 0 Å². The topological polar surface area (TPSA) is 23.6 Å². The minimum absolute atomic E-state index is 0.0457. The van der Waals surface area contributed by atoms with Crippen molar-refractivity contribution in [3.8, 4) is 0 Å². The van der Waals surface area contributed by atoms with E-state index in [-0.39, 0.29) is 10.8 Å². The Bertz CT molecular complexity index is 523. The molecule has 0 heterocycles. The fourth-order valence-corrected chi connectivity index (χ4v) is 3.28. The lowest BCUT2D eigenvalue weighted by Crippen LogP contribution is -2.35. The molecule has 0 bridgehead atoms. The molecule has 1 aromatic rings. The first-order valence-corrected chi connectivity index (χ1v) is 8.34. The zero-order valence-electron chi connectivity index (χ0n) is 14.5. The Morgan fingerprint density at radius 1 is 1.05 bits per heavy atom. The molecule has 3 nitrogen and oxygen atoms in total. The van der Waals surface area contributed by atoms with Crippen LogP contribution in [0.3, 0.4) is 0 Å². The van der Waals surface area contributed by atoms with Gasteiger partial charge in [-0.2, -0.15) is 0 Å². The molecule has 0 aliphatic heterocycles. The van der Waals surface area contributed by atoms with Crippen LogP contribution >= 0.6 is 12.2 Å². The zero-order valence-corrected chi connectivity index (χ0v) is 15.3. The largest absolute Gasteiger partial charge is 0.371 e. The van der Waals surface area contributed by atoms with Gasteiger partial charge in [-0.3, -0.25) is 4.79 Å². The van der Waals surface area contributed by atoms with E-state index in [1.165, 1.54) is 6.42 Å². The molecule has 0 spiro atoms. The molecular weight excluding hydrogens is 280 g/mol. The predicted octanol–water partition coefficient (Wildman–Crippen LogP) is 3.51. The third-order valence-corrected chi connectivity index (χ3v) is 4.30. The van der Waals surface area contributed by atoms with E-state index in [1.54, 1.807) is 0 Å². The molecule has 0 unspecified atom stereocenters. The van der Waals surface area contributed by atoms with Gasteiger partial charge in [-0.05, 0) is 44.8 Å². The Labute approximate surface area is 134 Å². The van der Waals surface area contributed by atoms with E-state index in [0.29, 0.717) is 4.51 Å². The third kappa shape index (κ3) is 4.62. The smallest absolute Gasteiger partial charge is 0.220 e.